The fourth-order valence-corrected chi connectivity index (χ4v) is 3.65. The molecule has 0 spiro atoms. The van der Waals surface area contributed by atoms with Crippen molar-refractivity contribution in [2.75, 3.05) is 26.7 Å². The van der Waals surface area contributed by atoms with E-state index in [1.807, 2.05) is 29.2 Å². The number of hydrogen-bond acceptors (Lipinski definition) is 3. The first-order valence-corrected chi connectivity index (χ1v) is 10.1. The van der Waals surface area contributed by atoms with Crippen molar-refractivity contribution in [3.8, 4) is 5.75 Å². The Hall–Kier alpha value is -2.24. The number of carbonyl (C=O) groups excluding carboxylic acids is 2. The fraction of sp³-hybridized carbons (Fsp3) is 0.619. The van der Waals surface area contributed by atoms with Gasteiger partial charge < -0.3 is 20.3 Å². The molecule has 1 aliphatic carbocycles. The summed E-state index contributed by atoms with van der Waals surface area (Å²) in [6.07, 6.45) is 6.97. The lowest BCUT2D eigenvalue weighted by atomic mass is 10.0. The van der Waals surface area contributed by atoms with E-state index in [0.29, 0.717) is 18.9 Å². The summed E-state index contributed by atoms with van der Waals surface area (Å²) >= 11 is 0. The van der Waals surface area contributed by atoms with Crippen LogP contribution in [0.5, 0.6) is 5.75 Å². The Bertz CT molecular complexity index is 628. The molecule has 0 aromatic heterocycles. The lowest BCUT2D eigenvalue weighted by molar-refractivity contribution is -0.130. The predicted molar refractivity (Wildman–Crippen MR) is 105 cm³/mol. The smallest absolute Gasteiger partial charge is 0.315 e. The second-order valence-corrected chi connectivity index (χ2v) is 7.53. The minimum Gasteiger partial charge on any atom is -0.497 e. The molecule has 0 bridgehead atoms. The van der Waals surface area contributed by atoms with Crippen molar-refractivity contribution in [2.24, 2.45) is 5.92 Å². The third-order valence-electron chi connectivity index (χ3n) is 5.42. The Morgan fingerprint density at radius 2 is 2.00 bits per heavy atom. The van der Waals surface area contributed by atoms with E-state index >= 15 is 0 Å². The summed E-state index contributed by atoms with van der Waals surface area (Å²) in [7, 11) is 1.65. The number of likely N-dealkylation sites (tertiary alicyclic amines) is 1. The van der Waals surface area contributed by atoms with Crippen LogP contribution >= 0.6 is 0 Å². The van der Waals surface area contributed by atoms with Crippen LogP contribution in [0.4, 0.5) is 4.79 Å². The summed E-state index contributed by atoms with van der Waals surface area (Å²) < 4.78 is 5.21. The number of urea groups is 1. The van der Waals surface area contributed by atoms with E-state index in [2.05, 4.69) is 10.6 Å². The summed E-state index contributed by atoms with van der Waals surface area (Å²) in [5, 5.41) is 6.06. The monoisotopic (exact) mass is 373 g/mol. The highest BCUT2D eigenvalue weighted by molar-refractivity contribution is 5.76. The van der Waals surface area contributed by atoms with Gasteiger partial charge in [-0.3, -0.25) is 4.79 Å². The molecule has 1 unspecified atom stereocenters. The zero-order chi connectivity index (χ0) is 19.1. The van der Waals surface area contributed by atoms with Crippen LogP contribution in [-0.4, -0.2) is 43.6 Å². The zero-order valence-corrected chi connectivity index (χ0v) is 16.2. The molecule has 148 valence electrons. The largest absolute Gasteiger partial charge is 0.497 e. The quantitative estimate of drug-likeness (QED) is 0.687. The molecule has 6 heteroatoms. The molecule has 1 saturated carbocycles. The molecule has 3 rings (SSSR count). The van der Waals surface area contributed by atoms with Crippen LogP contribution in [-0.2, 0) is 4.79 Å². The number of methoxy groups -OCH3 is 1. The van der Waals surface area contributed by atoms with Crippen LogP contribution in [0.1, 0.15) is 56.6 Å². The Labute approximate surface area is 161 Å². The Morgan fingerprint density at radius 3 is 2.70 bits per heavy atom. The molecule has 1 aromatic rings. The molecule has 0 radical (unpaired) electrons. The zero-order valence-electron chi connectivity index (χ0n) is 16.2. The van der Waals surface area contributed by atoms with E-state index < -0.39 is 0 Å². The average molecular weight is 373 g/mol. The van der Waals surface area contributed by atoms with Crippen molar-refractivity contribution in [2.45, 2.75) is 51.0 Å². The second-order valence-electron chi connectivity index (χ2n) is 7.53. The van der Waals surface area contributed by atoms with Gasteiger partial charge in [0.05, 0.1) is 13.2 Å². The van der Waals surface area contributed by atoms with E-state index in [1.54, 1.807) is 7.11 Å². The van der Waals surface area contributed by atoms with Crippen LogP contribution in [0, 0.1) is 5.92 Å². The molecule has 1 heterocycles. The average Bonchev–Trinajstić information content (AvgIpc) is 3.53. The minimum atomic E-state index is -0.134. The molecular formula is C21H31N3O3. The van der Waals surface area contributed by atoms with Gasteiger partial charge in [-0.15, -0.1) is 0 Å². The molecule has 6 nitrogen and oxygen atoms in total. The van der Waals surface area contributed by atoms with Gasteiger partial charge >= 0.3 is 6.03 Å². The van der Waals surface area contributed by atoms with Gasteiger partial charge in [0.2, 0.25) is 5.91 Å². The van der Waals surface area contributed by atoms with Crippen LogP contribution < -0.4 is 15.4 Å². The number of nitrogens with one attached hydrogen (secondary N) is 2. The Kier molecular flexibility index (Phi) is 6.96. The van der Waals surface area contributed by atoms with Gasteiger partial charge in [-0.1, -0.05) is 18.6 Å². The van der Waals surface area contributed by atoms with Crippen molar-refractivity contribution in [1.29, 1.82) is 0 Å². The van der Waals surface area contributed by atoms with E-state index in [4.69, 9.17) is 4.74 Å². The van der Waals surface area contributed by atoms with Gasteiger partial charge in [-0.05, 0) is 55.7 Å². The van der Waals surface area contributed by atoms with Crippen molar-refractivity contribution in [3.05, 3.63) is 29.8 Å². The summed E-state index contributed by atoms with van der Waals surface area (Å²) in [6.45, 7) is 2.16. The van der Waals surface area contributed by atoms with Gasteiger partial charge in [0.25, 0.3) is 0 Å². The van der Waals surface area contributed by atoms with Crippen LogP contribution in [0.25, 0.3) is 0 Å². The number of rotatable bonds is 8. The molecule has 2 fully saturated rings. The van der Waals surface area contributed by atoms with E-state index in [0.717, 1.165) is 62.9 Å². The van der Waals surface area contributed by atoms with Gasteiger partial charge in [0.15, 0.2) is 0 Å². The summed E-state index contributed by atoms with van der Waals surface area (Å²) in [6, 6.07) is 7.82. The second kappa shape index (κ2) is 9.62. The van der Waals surface area contributed by atoms with Crippen LogP contribution in [0.2, 0.25) is 0 Å². The Balaban J connectivity index is 1.42. The maximum Gasteiger partial charge on any atom is 0.315 e. The van der Waals surface area contributed by atoms with Gasteiger partial charge in [0.1, 0.15) is 5.75 Å². The third-order valence-corrected chi connectivity index (χ3v) is 5.42. The first-order chi connectivity index (χ1) is 13.2. The number of carbonyl (C=O) groups is 2. The molecule has 1 saturated heterocycles. The van der Waals surface area contributed by atoms with E-state index in [1.165, 1.54) is 0 Å². The standard InChI is InChI=1S/C21H31N3O3/c1-27-18-11-9-17(10-12-18)20(16-7-8-16)23-21(26)22-13-5-15-24-14-4-2-3-6-19(24)25/h9-12,16,20H,2-8,13-15H2,1H3,(H2,22,23,26). The van der Waals surface area contributed by atoms with Crippen molar-refractivity contribution in [3.63, 3.8) is 0 Å². The number of ether oxygens (including phenoxy) is 1. The third kappa shape index (κ3) is 5.88. The molecule has 1 aromatic carbocycles. The number of nitrogens with zero attached hydrogens (tertiary/aromatic N) is 1. The maximum atomic E-state index is 12.3. The normalized spacial score (nSPS) is 18.6. The number of amides is 3. The van der Waals surface area contributed by atoms with Crippen LogP contribution in [0.3, 0.4) is 0 Å². The van der Waals surface area contributed by atoms with E-state index in [9.17, 15) is 9.59 Å². The molecule has 2 aliphatic rings. The SMILES string of the molecule is COc1ccc(C(NC(=O)NCCCN2CCCCCC2=O)C2CC2)cc1. The van der Waals surface area contributed by atoms with E-state index in [-0.39, 0.29) is 18.0 Å². The van der Waals surface area contributed by atoms with Crippen molar-refractivity contribution in [1.82, 2.24) is 15.5 Å². The van der Waals surface area contributed by atoms with Crippen LogP contribution in [0.15, 0.2) is 24.3 Å². The molecule has 27 heavy (non-hydrogen) atoms. The lowest BCUT2D eigenvalue weighted by Gasteiger charge is -2.21. The summed E-state index contributed by atoms with van der Waals surface area (Å²) in [4.78, 5) is 26.3. The maximum absolute atomic E-state index is 12.3. The lowest BCUT2D eigenvalue weighted by Crippen LogP contribution is -2.40. The van der Waals surface area contributed by atoms with Crippen molar-refractivity contribution < 1.29 is 14.3 Å². The van der Waals surface area contributed by atoms with Crippen molar-refractivity contribution >= 4 is 11.9 Å². The highest BCUT2D eigenvalue weighted by atomic mass is 16.5. The first-order valence-electron chi connectivity index (χ1n) is 10.1. The minimum absolute atomic E-state index is 0.0445. The van der Waals surface area contributed by atoms with Gasteiger partial charge in [-0.25, -0.2) is 4.79 Å². The molecule has 1 aliphatic heterocycles. The highest BCUT2D eigenvalue weighted by Gasteiger charge is 2.33. The predicted octanol–water partition coefficient (Wildman–Crippen LogP) is 3.24. The molecule has 1 atom stereocenters. The molecule has 3 amide bonds. The highest BCUT2D eigenvalue weighted by Crippen LogP contribution is 2.41. The Morgan fingerprint density at radius 1 is 1.22 bits per heavy atom. The first kappa shape index (κ1) is 19.5. The summed E-state index contributed by atoms with van der Waals surface area (Å²) in [5.74, 6) is 1.59. The fourth-order valence-electron chi connectivity index (χ4n) is 3.65. The molecular weight excluding hydrogens is 342 g/mol. The molecule has 2 N–H and O–H groups in total. The topological polar surface area (TPSA) is 70.7 Å². The summed E-state index contributed by atoms with van der Waals surface area (Å²) in [5.41, 5.74) is 1.11. The van der Waals surface area contributed by atoms with Gasteiger partial charge in [-0.2, -0.15) is 0 Å². The number of benzene rings is 1. The number of hydrogen-bond donors (Lipinski definition) is 2. The van der Waals surface area contributed by atoms with Gasteiger partial charge in [0, 0.05) is 26.1 Å².